The highest BCUT2D eigenvalue weighted by molar-refractivity contribution is 8.00. The Morgan fingerprint density at radius 3 is 2.88 bits per heavy atom. The van der Waals surface area contributed by atoms with E-state index in [1.165, 1.54) is 6.33 Å². The van der Waals surface area contributed by atoms with Crippen molar-refractivity contribution in [3.63, 3.8) is 0 Å². The lowest BCUT2D eigenvalue weighted by molar-refractivity contribution is -0.0120. The molecular formula is C18H21N5OS. The SMILES string of the molecule is CCSC1CCC1(O)CNc1ncnc2c1cnn2-c1ccccc1. The molecule has 0 spiro atoms. The Balaban J connectivity index is 1.58. The van der Waals surface area contributed by atoms with Crippen LogP contribution in [0.1, 0.15) is 19.8 Å². The van der Waals surface area contributed by atoms with E-state index in [4.69, 9.17) is 0 Å². The number of hydrogen-bond acceptors (Lipinski definition) is 6. The number of benzene rings is 1. The minimum Gasteiger partial charge on any atom is -0.387 e. The molecule has 1 aromatic carbocycles. The predicted molar refractivity (Wildman–Crippen MR) is 101 cm³/mol. The summed E-state index contributed by atoms with van der Waals surface area (Å²) in [6, 6.07) is 9.90. The van der Waals surface area contributed by atoms with E-state index < -0.39 is 5.60 Å². The summed E-state index contributed by atoms with van der Waals surface area (Å²) in [6.07, 6.45) is 5.21. The van der Waals surface area contributed by atoms with Crippen LogP contribution < -0.4 is 5.32 Å². The molecule has 0 amide bonds. The third-order valence-corrected chi connectivity index (χ3v) is 6.15. The van der Waals surface area contributed by atoms with Gasteiger partial charge in [-0.25, -0.2) is 14.6 Å². The van der Waals surface area contributed by atoms with Crippen LogP contribution in [0.4, 0.5) is 5.82 Å². The van der Waals surface area contributed by atoms with Crippen LogP contribution in [0.2, 0.25) is 0 Å². The fraction of sp³-hybridized carbons (Fsp3) is 0.389. The van der Waals surface area contributed by atoms with Gasteiger partial charge in [0.15, 0.2) is 5.65 Å². The number of hydrogen-bond donors (Lipinski definition) is 2. The number of nitrogens with zero attached hydrogens (tertiary/aromatic N) is 4. The summed E-state index contributed by atoms with van der Waals surface area (Å²) in [5.74, 6) is 1.74. The maximum absolute atomic E-state index is 10.8. The van der Waals surface area contributed by atoms with Gasteiger partial charge < -0.3 is 10.4 Å². The van der Waals surface area contributed by atoms with E-state index >= 15 is 0 Å². The second-order valence-electron chi connectivity index (χ2n) is 6.29. The lowest BCUT2D eigenvalue weighted by Crippen LogP contribution is -2.54. The van der Waals surface area contributed by atoms with E-state index in [2.05, 4.69) is 27.3 Å². The first-order valence-electron chi connectivity index (χ1n) is 8.53. The van der Waals surface area contributed by atoms with Crippen molar-refractivity contribution < 1.29 is 5.11 Å². The second kappa shape index (κ2) is 6.65. The zero-order valence-electron chi connectivity index (χ0n) is 14.1. The van der Waals surface area contributed by atoms with Gasteiger partial charge >= 0.3 is 0 Å². The summed E-state index contributed by atoms with van der Waals surface area (Å²) in [6.45, 7) is 2.62. The topological polar surface area (TPSA) is 75.9 Å². The maximum atomic E-state index is 10.8. The van der Waals surface area contributed by atoms with Crippen LogP contribution in [-0.2, 0) is 0 Å². The molecule has 0 aliphatic heterocycles. The zero-order valence-corrected chi connectivity index (χ0v) is 14.9. The number of thioether (sulfide) groups is 1. The van der Waals surface area contributed by atoms with E-state index in [0.717, 1.165) is 35.3 Å². The average Bonchev–Trinajstić information content (AvgIpc) is 3.08. The Morgan fingerprint density at radius 2 is 2.16 bits per heavy atom. The van der Waals surface area contributed by atoms with Crippen LogP contribution in [0.3, 0.4) is 0 Å². The van der Waals surface area contributed by atoms with Crippen molar-refractivity contribution in [1.82, 2.24) is 19.7 Å². The predicted octanol–water partition coefficient (Wildman–Crippen LogP) is 2.87. The van der Waals surface area contributed by atoms with Gasteiger partial charge in [0.05, 0.1) is 22.9 Å². The molecule has 3 aromatic rings. The zero-order chi connectivity index (χ0) is 17.3. The normalized spacial score (nSPS) is 22.7. The molecule has 7 heteroatoms. The minimum absolute atomic E-state index is 0.300. The Labute approximate surface area is 150 Å². The van der Waals surface area contributed by atoms with Crippen LogP contribution in [0, 0.1) is 0 Å². The molecule has 0 radical (unpaired) electrons. The molecule has 1 aliphatic rings. The molecule has 6 nitrogen and oxygen atoms in total. The van der Waals surface area contributed by atoms with Gasteiger partial charge in [-0.05, 0) is 30.7 Å². The minimum atomic E-state index is -0.659. The Morgan fingerprint density at radius 1 is 1.32 bits per heavy atom. The molecule has 4 rings (SSSR count). The Kier molecular flexibility index (Phi) is 4.35. The average molecular weight is 355 g/mol. The fourth-order valence-corrected chi connectivity index (χ4v) is 4.42. The number of aliphatic hydroxyl groups is 1. The molecule has 2 aromatic heterocycles. The van der Waals surface area contributed by atoms with Gasteiger partial charge in [0.2, 0.25) is 0 Å². The largest absolute Gasteiger partial charge is 0.387 e. The van der Waals surface area contributed by atoms with Crippen LogP contribution in [0.25, 0.3) is 16.7 Å². The van der Waals surface area contributed by atoms with Crippen molar-refractivity contribution in [2.75, 3.05) is 17.6 Å². The van der Waals surface area contributed by atoms with Crippen LogP contribution in [0.15, 0.2) is 42.9 Å². The van der Waals surface area contributed by atoms with E-state index in [1.807, 2.05) is 42.1 Å². The number of rotatable bonds is 6. The molecule has 2 N–H and O–H groups in total. The highest BCUT2D eigenvalue weighted by Crippen LogP contribution is 2.41. The molecule has 0 saturated heterocycles. The molecule has 25 heavy (non-hydrogen) atoms. The third-order valence-electron chi connectivity index (χ3n) is 4.74. The van der Waals surface area contributed by atoms with Crippen molar-refractivity contribution in [1.29, 1.82) is 0 Å². The van der Waals surface area contributed by atoms with E-state index in [-0.39, 0.29) is 0 Å². The molecule has 2 heterocycles. The summed E-state index contributed by atoms with van der Waals surface area (Å²) < 4.78 is 1.80. The summed E-state index contributed by atoms with van der Waals surface area (Å²) >= 11 is 1.83. The fourth-order valence-electron chi connectivity index (χ4n) is 3.22. The summed E-state index contributed by atoms with van der Waals surface area (Å²) in [4.78, 5) is 8.74. The number of nitrogens with one attached hydrogen (secondary N) is 1. The van der Waals surface area contributed by atoms with E-state index in [0.29, 0.717) is 17.6 Å². The molecule has 1 aliphatic carbocycles. The van der Waals surface area contributed by atoms with E-state index in [9.17, 15) is 5.11 Å². The molecule has 1 saturated carbocycles. The van der Waals surface area contributed by atoms with Gasteiger partial charge in [0.1, 0.15) is 12.1 Å². The van der Waals surface area contributed by atoms with Crippen molar-refractivity contribution in [3.05, 3.63) is 42.9 Å². The number of fused-ring (bicyclic) bond motifs is 1. The lowest BCUT2D eigenvalue weighted by Gasteiger charge is -2.45. The van der Waals surface area contributed by atoms with Crippen LogP contribution in [0.5, 0.6) is 0 Å². The quantitative estimate of drug-likeness (QED) is 0.708. The van der Waals surface area contributed by atoms with Crippen molar-refractivity contribution in [2.45, 2.75) is 30.6 Å². The Hall–Kier alpha value is -2.12. The number of para-hydroxylation sites is 1. The smallest absolute Gasteiger partial charge is 0.168 e. The molecule has 1 fully saturated rings. The Bertz CT molecular complexity index is 868. The monoisotopic (exact) mass is 355 g/mol. The van der Waals surface area contributed by atoms with Gasteiger partial charge in [-0.3, -0.25) is 0 Å². The van der Waals surface area contributed by atoms with Gasteiger partial charge in [0, 0.05) is 11.8 Å². The highest BCUT2D eigenvalue weighted by Gasteiger charge is 2.45. The van der Waals surface area contributed by atoms with Crippen molar-refractivity contribution >= 4 is 28.6 Å². The molecule has 0 bridgehead atoms. The van der Waals surface area contributed by atoms with Crippen LogP contribution >= 0.6 is 11.8 Å². The van der Waals surface area contributed by atoms with Gasteiger partial charge in [-0.1, -0.05) is 25.1 Å². The first-order valence-corrected chi connectivity index (χ1v) is 9.58. The number of aromatic nitrogens is 4. The molecule has 2 unspecified atom stereocenters. The standard InChI is InChI=1S/C18H21N5OS/c1-2-25-15-8-9-18(15,24)11-19-16-14-10-22-23(17(14)21-12-20-16)13-6-4-3-5-7-13/h3-7,10,12,15,24H,2,8-9,11H2,1H3,(H,19,20,21). The van der Waals surface area contributed by atoms with Gasteiger partial charge in [-0.2, -0.15) is 16.9 Å². The molecular weight excluding hydrogens is 334 g/mol. The summed E-state index contributed by atoms with van der Waals surface area (Å²) in [7, 11) is 0. The number of anilines is 1. The summed E-state index contributed by atoms with van der Waals surface area (Å²) in [5, 5.41) is 19.7. The van der Waals surface area contributed by atoms with Gasteiger partial charge in [-0.15, -0.1) is 0 Å². The van der Waals surface area contributed by atoms with Crippen LogP contribution in [-0.4, -0.2) is 48.0 Å². The maximum Gasteiger partial charge on any atom is 0.168 e. The first-order chi connectivity index (χ1) is 12.2. The molecule has 2 atom stereocenters. The van der Waals surface area contributed by atoms with Crippen molar-refractivity contribution in [2.24, 2.45) is 0 Å². The van der Waals surface area contributed by atoms with Crippen molar-refractivity contribution in [3.8, 4) is 5.69 Å². The second-order valence-corrected chi connectivity index (χ2v) is 7.77. The first kappa shape index (κ1) is 16.4. The lowest BCUT2D eigenvalue weighted by atomic mass is 9.79. The summed E-state index contributed by atoms with van der Waals surface area (Å²) in [5.41, 5.74) is 1.05. The van der Waals surface area contributed by atoms with Gasteiger partial charge in [0.25, 0.3) is 0 Å². The highest BCUT2D eigenvalue weighted by atomic mass is 32.2. The van der Waals surface area contributed by atoms with E-state index in [1.54, 1.807) is 10.9 Å². The molecule has 130 valence electrons. The third kappa shape index (κ3) is 2.98.